The van der Waals surface area contributed by atoms with E-state index in [1.165, 1.54) is 0 Å². The van der Waals surface area contributed by atoms with Crippen LogP contribution in [0, 0.1) is 0 Å². The molecule has 6 nitrogen and oxygen atoms in total. The molecule has 0 spiro atoms. The number of methoxy groups -OCH3 is 1. The first-order valence-corrected chi connectivity index (χ1v) is 8.75. The summed E-state index contributed by atoms with van der Waals surface area (Å²) in [5.41, 5.74) is 1.17. The predicted molar refractivity (Wildman–Crippen MR) is 101 cm³/mol. The van der Waals surface area contributed by atoms with E-state index in [9.17, 15) is 9.59 Å². The average molecular weight is 367 g/mol. The molecule has 27 heavy (non-hydrogen) atoms. The van der Waals surface area contributed by atoms with Gasteiger partial charge in [0.15, 0.2) is 5.76 Å². The van der Waals surface area contributed by atoms with Crippen molar-refractivity contribution in [3.05, 3.63) is 59.4 Å². The lowest BCUT2D eigenvalue weighted by Gasteiger charge is -2.17. The zero-order chi connectivity index (χ0) is 19.4. The molecule has 1 heterocycles. The minimum absolute atomic E-state index is 0.196. The van der Waals surface area contributed by atoms with Crippen LogP contribution in [0.2, 0.25) is 0 Å². The van der Waals surface area contributed by atoms with E-state index in [0.717, 1.165) is 5.56 Å². The molecule has 0 N–H and O–H groups in total. The molecule has 2 aromatic carbocycles. The van der Waals surface area contributed by atoms with Crippen molar-refractivity contribution in [2.24, 2.45) is 0 Å². The molecule has 3 rings (SSSR count). The van der Waals surface area contributed by atoms with Crippen LogP contribution >= 0.6 is 0 Å². The fraction of sp³-hybridized carbons (Fsp3) is 0.238. The molecule has 1 aliphatic heterocycles. The fourth-order valence-electron chi connectivity index (χ4n) is 2.80. The first-order valence-electron chi connectivity index (χ1n) is 8.75. The Morgan fingerprint density at radius 1 is 1.15 bits per heavy atom. The SMILES string of the molecule is CCN(CC)C(=O)Oc1ccc2c(c1)O/C(=C\c1ccccc1OC)C2=O. The number of ketones is 1. The van der Waals surface area contributed by atoms with E-state index in [2.05, 4.69) is 0 Å². The number of rotatable bonds is 5. The molecule has 0 saturated carbocycles. The van der Waals surface area contributed by atoms with Crippen LogP contribution in [0.5, 0.6) is 17.2 Å². The molecule has 0 fully saturated rings. The number of para-hydroxylation sites is 1. The average Bonchev–Trinajstić information content (AvgIpc) is 2.98. The van der Waals surface area contributed by atoms with Crippen LogP contribution < -0.4 is 14.2 Å². The van der Waals surface area contributed by atoms with Crippen molar-refractivity contribution in [2.45, 2.75) is 13.8 Å². The second-order valence-corrected chi connectivity index (χ2v) is 5.88. The number of benzene rings is 2. The van der Waals surface area contributed by atoms with E-state index in [0.29, 0.717) is 35.9 Å². The fourth-order valence-corrected chi connectivity index (χ4v) is 2.80. The van der Waals surface area contributed by atoms with Gasteiger partial charge in [0.25, 0.3) is 0 Å². The number of carbonyl (C=O) groups is 2. The van der Waals surface area contributed by atoms with E-state index < -0.39 is 6.09 Å². The highest BCUT2D eigenvalue weighted by Gasteiger charge is 2.28. The van der Waals surface area contributed by atoms with E-state index in [1.807, 2.05) is 38.1 Å². The molecule has 0 unspecified atom stereocenters. The largest absolute Gasteiger partial charge is 0.496 e. The smallest absolute Gasteiger partial charge is 0.415 e. The van der Waals surface area contributed by atoms with Gasteiger partial charge in [-0.1, -0.05) is 18.2 Å². The van der Waals surface area contributed by atoms with Gasteiger partial charge >= 0.3 is 6.09 Å². The number of allylic oxidation sites excluding steroid dienone is 1. The Kier molecular flexibility index (Phi) is 5.45. The molecule has 0 saturated heterocycles. The number of hydrogen-bond donors (Lipinski definition) is 0. The van der Waals surface area contributed by atoms with Crippen LogP contribution in [-0.4, -0.2) is 37.0 Å². The van der Waals surface area contributed by atoms with Crippen LogP contribution in [0.4, 0.5) is 4.79 Å². The maximum atomic E-state index is 12.6. The summed E-state index contributed by atoms with van der Waals surface area (Å²) < 4.78 is 16.4. The summed E-state index contributed by atoms with van der Waals surface area (Å²) in [4.78, 5) is 26.2. The van der Waals surface area contributed by atoms with Crippen molar-refractivity contribution < 1.29 is 23.8 Å². The van der Waals surface area contributed by atoms with Gasteiger partial charge in [-0.25, -0.2) is 4.79 Å². The first-order chi connectivity index (χ1) is 13.1. The molecule has 0 aliphatic carbocycles. The van der Waals surface area contributed by atoms with Crippen molar-refractivity contribution in [1.29, 1.82) is 0 Å². The quantitative estimate of drug-likeness (QED) is 0.743. The lowest BCUT2D eigenvalue weighted by Crippen LogP contribution is -2.33. The monoisotopic (exact) mass is 367 g/mol. The van der Waals surface area contributed by atoms with Crippen molar-refractivity contribution in [3.8, 4) is 17.2 Å². The minimum Gasteiger partial charge on any atom is -0.496 e. The highest BCUT2D eigenvalue weighted by Crippen LogP contribution is 2.35. The van der Waals surface area contributed by atoms with Gasteiger partial charge in [0.1, 0.15) is 17.2 Å². The lowest BCUT2D eigenvalue weighted by molar-refractivity contribution is 0.101. The second kappa shape index (κ2) is 7.95. The van der Waals surface area contributed by atoms with Crippen LogP contribution in [0.1, 0.15) is 29.8 Å². The van der Waals surface area contributed by atoms with Gasteiger partial charge in [0, 0.05) is 24.7 Å². The Balaban J connectivity index is 1.83. The molecule has 2 aromatic rings. The summed E-state index contributed by atoms with van der Waals surface area (Å²) in [5, 5.41) is 0. The molecule has 0 aromatic heterocycles. The molecule has 1 aliphatic rings. The minimum atomic E-state index is -0.436. The van der Waals surface area contributed by atoms with Crippen LogP contribution in [-0.2, 0) is 0 Å². The number of fused-ring (bicyclic) bond motifs is 1. The summed E-state index contributed by atoms with van der Waals surface area (Å²) in [6.07, 6.45) is 1.21. The Hall–Kier alpha value is -3.28. The van der Waals surface area contributed by atoms with Gasteiger partial charge in [-0.05, 0) is 38.1 Å². The van der Waals surface area contributed by atoms with Crippen molar-refractivity contribution in [3.63, 3.8) is 0 Å². The highest BCUT2D eigenvalue weighted by molar-refractivity contribution is 6.14. The second-order valence-electron chi connectivity index (χ2n) is 5.88. The molecule has 1 amide bonds. The van der Waals surface area contributed by atoms with E-state index >= 15 is 0 Å². The number of amides is 1. The van der Waals surface area contributed by atoms with Gasteiger partial charge in [0.05, 0.1) is 12.7 Å². The number of hydrogen-bond acceptors (Lipinski definition) is 5. The summed E-state index contributed by atoms with van der Waals surface area (Å²) in [6, 6.07) is 12.1. The van der Waals surface area contributed by atoms with Crippen LogP contribution in [0.3, 0.4) is 0 Å². The molecule has 6 heteroatoms. The standard InChI is InChI=1S/C21H21NO5/c1-4-22(5-2)21(24)26-15-10-11-16-18(13-15)27-19(20(16)23)12-14-8-6-7-9-17(14)25-3/h6-13H,4-5H2,1-3H3/b19-12-. The Morgan fingerprint density at radius 3 is 2.59 bits per heavy atom. The third-order valence-corrected chi connectivity index (χ3v) is 4.29. The number of nitrogens with zero attached hydrogens (tertiary/aromatic N) is 1. The maximum absolute atomic E-state index is 12.6. The van der Waals surface area contributed by atoms with Gasteiger partial charge in [-0.3, -0.25) is 4.79 Å². The highest BCUT2D eigenvalue weighted by atomic mass is 16.6. The van der Waals surface area contributed by atoms with Crippen molar-refractivity contribution >= 4 is 18.0 Å². The Labute approximate surface area is 158 Å². The summed E-state index contributed by atoms with van der Waals surface area (Å²) in [6.45, 7) is 4.87. The topological polar surface area (TPSA) is 65.1 Å². The van der Waals surface area contributed by atoms with Crippen molar-refractivity contribution in [2.75, 3.05) is 20.2 Å². The molecule has 140 valence electrons. The molecule has 0 bridgehead atoms. The summed E-state index contributed by atoms with van der Waals surface area (Å²) >= 11 is 0. The number of ether oxygens (including phenoxy) is 3. The Morgan fingerprint density at radius 2 is 1.89 bits per heavy atom. The zero-order valence-electron chi connectivity index (χ0n) is 15.5. The van der Waals surface area contributed by atoms with Gasteiger partial charge in [0.2, 0.25) is 5.78 Å². The maximum Gasteiger partial charge on any atom is 0.415 e. The van der Waals surface area contributed by atoms with Gasteiger partial charge < -0.3 is 19.1 Å². The molecule has 0 radical (unpaired) electrons. The van der Waals surface area contributed by atoms with Crippen molar-refractivity contribution in [1.82, 2.24) is 4.90 Å². The summed E-state index contributed by atoms with van der Waals surface area (Å²) in [7, 11) is 1.57. The normalized spacial score (nSPS) is 13.9. The third-order valence-electron chi connectivity index (χ3n) is 4.29. The number of Topliss-reactive ketones (excluding diaryl/α,β-unsaturated/α-hetero) is 1. The zero-order valence-corrected chi connectivity index (χ0v) is 15.5. The number of carbonyl (C=O) groups excluding carboxylic acids is 2. The van der Waals surface area contributed by atoms with E-state index in [-0.39, 0.29) is 11.5 Å². The van der Waals surface area contributed by atoms with Crippen LogP contribution in [0.15, 0.2) is 48.2 Å². The van der Waals surface area contributed by atoms with Crippen LogP contribution in [0.25, 0.3) is 6.08 Å². The first kappa shape index (κ1) is 18.5. The van der Waals surface area contributed by atoms with E-state index in [4.69, 9.17) is 14.2 Å². The third kappa shape index (κ3) is 3.79. The molecule has 0 atom stereocenters. The lowest BCUT2D eigenvalue weighted by atomic mass is 10.1. The van der Waals surface area contributed by atoms with E-state index in [1.54, 1.807) is 36.3 Å². The molecular formula is C21H21NO5. The molecular weight excluding hydrogens is 346 g/mol. The Bertz CT molecular complexity index is 899. The summed E-state index contributed by atoms with van der Waals surface area (Å²) in [5.74, 6) is 1.31. The predicted octanol–water partition coefficient (Wildman–Crippen LogP) is 4.15. The van der Waals surface area contributed by atoms with Gasteiger partial charge in [-0.15, -0.1) is 0 Å². The van der Waals surface area contributed by atoms with Gasteiger partial charge in [-0.2, -0.15) is 0 Å².